The molecular weight excluding hydrogens is 241 g/mol. The second-order valence-corrected chi connectivity index (χ2v) is 5.23. The molecule has 0 amide bonds. The van der Waals surface area contributed by atoms with Crippen LogP contribution in [0.4, 0.5) is 11.8 Å². The average molecular weight is 257 g/mol. The molecule has 0 bridgehead atoms. The molecular formula is C12H16AlN5. The van der Waals surface area contributed by atoms with E-state index in [-0.39, 0.29) is 0 Å². The summed E-state index contributed by atoms with van der Waals surface area (Å²) in [5.41, 5.74) is 0.875. The summed E-state index contributed by atoms with van der Waals surface area (Å²) in [5, 5.41) is 1.08. The van der Waals surface area contributed by atoms with Gasteiger partial charge in [-0.2, -0.15) is 9.97 Å². The Morgan fingerprint density at radius 3 is 2.94 bits per heavy atom. The Hall–Kier alpha value is -1.25. The van der Waals surface area contributed by atoms with Crippen molar-refractivity contribution in [1.82, 2.24) is 15.0 Å². The molecule has 18 heavy (non-hydrogen) atoms. The number of anilines is 2. The highest BCUT2D eigenvalue weighted by Crippen LogP contribution is 2.37. The Balaban J connectivity index is 2.05. The van der Waals surface area contributed by atoms with Crippen LogP contribution in [0.1, 0.15) is 19.8 Å². The van der Waals surface area contributed by atoms with Crippen molar-refractivity contribution in [3.05, 3.63) is 12.3 Å². The zero-order chi connectivity index (χ0) is 12.7. The highest BCUT2D eigenvalue weighted by molar-refractivity contribution is 6.15. The smallest absolute Gasteiger partial charge is 0.310 e. The Morgan fingerprint density at radius 1 is 1.50 bits per heavy atom. The lowest BCUT2D eigenvalue weighted by molar-refractivity contribution is 0.605. The van der Waals surface area contributed by atoms with Crippen molar-refractivity contribution in [3.8, 4) is 0 Å². The number of fused-ring (bicyclic) bond motifs is 1. The van der Waals surface area contributed by atoms with E-state index in [1.165, 1.54) is 12.8 Å². The van der Waals surface area contributed by atoms with E-state index in [1.807, 2.05) is 12.3 Å². The Labute approximate surface area is 115 Å². The molecule has 0 unspecified atom stereocenters. The quantitative estimate of drug-likeness (QED) is 0.818. The zero-order valence-electron chi connectivity index (χ0n) is 10.6. The van der Waals surface area contributed by atoms with Crippen molar-refractivity contribution in [2.75, 3.05) is 16.2 Å². The van der Waals surface area contributed by atoms with Gasteiger partial charge < -0.3 is 14.2 Å². The molecule has 1 aliphatic rings. The van der Waals surface area contributed by atoms with Crippen molar-refractivity contribution >= 4 is 39.3 Å². The molecule has 6 heteroatoms. The fourth-order valence-electron chi connectivity index (χ4n) is 2.35. The summed E-state index contributed by atoms with van der Waals surface area (Å²) in [6.45, 7) is 2.27. The number of aromatic amines is 1. The van der Waals surface area contributed by atoms with Gasteiger partial charge in [-0.15, -0.1) is 0 Å². The third-order valence-corrected chi connectivity index (χ3v) is 4.03. The minimum Gasteiger partial charge on any atom is -0.461 e. The number of H-pyrrole nitrogens is 1. The fraction of sp³-hybridized carbons (Fsp3) is 0.500. The summed E-state index contributed by atoms with van der Waals surface area (Å²) in [6, 6.07) is 2.56. The van der Waals surface area contributed by atoms with Gasteiger partial charge in [0.05, 0.1) is 5.39 Å². The lowest BCUT2D eigenvalue weighted by atomic mass is 10.2. The first-order chi connectivity index (χ1) is 8.70. The topological polar surface area (TPSA) is 56.8 Å². The molecule has 0 aromatic carbocycles. The summed E-state index contributed by atoms with van der Waals surface area (Å²) in [5.74, 6) is 2.43. The first-order valence-electron chi connectivity index (χ1n) is 6.25. The third kappa shape index (κ3) is 1.96. The second kappa shape index (κ2) is 4.45. The standard InChI is InChI=1S/C12H16N5.Al/c1-7(8-3-4-8)17(2)11-9-5-6-14-10(9)15-12(13)16-11;/h5-8H,3-4H2,1-2H3,(H2-,13,14,15,16);/q-1;+1/t7-;/m1./s1. The monoisotopic (exact) mass is 257 g/mol. The van der Waals surface area contributed by atoms with E-state index in [0.717, 1.165) is 22.8 Å². The maximum Gasteiger partial charge on any atom is 0.310 e. The molecule has 1 aliphatic carbocycles. The molecule has 2 radical (unpaired) electrons. The molecule has 0 saturated heterocycles. The van der Waals surface area contributed by atoms with E-state index in [1.54, 1.807) is 0 Å². The fourth-order valence-corrected chi connectivity index (χ4v) is 2.48. The lowest BCUT2D eigenvalue weighted by Crippen LogP contribution is -2.31. The predicted molar refractivity (Wildman–Crippen MR) is 73.9 cm³/mol. The van der Waals surface area contributed by atoms with Crippen LogP contribution in [0.15, 0.2) is 12.3 Å². The molecule has 1 atom stereocenters. The maximum atomic E-state index is 4.59. The van der Waals surface area contributed by atoms with Crippen molar-refractivity contribution in [2.45, 2.75) is 25.8 Å². The second-order valence-electron chi connectivity index (χ2n) is 4.94. The van der Waals surface area contributed by atoms with Crippen LogP contribution in [-0.4, -0.2) is 44.6 Å². The molecule has 2 heterocycles. The van der Waals surface area contributed by atoms with E-state index in [4.69, 9.17) is 0 Å². The van der Waals surface area contributed by atoms with Gasteiger partial charge in [-0.25, -0.2) is 0 Å². The van der Waals surface area contributed by atoms with Gasteiger partial charge in [-0.3, -0.25) is 0 Å². The van der Waals surface area contributed by atoms with Gasteiger partial charge in [0.15, 0.2) is 0 Å². The maximum absolute atomic E-state index is 4.59. The van der Waals surface area contributed by atoms with Crippen LogP contribution in [0.3, 0.4) is 0 Å². The van der Waals surface area contributed by atoms with Crippen LogP contribution in [0, 0.1) is 5.92 Å². The summed E-state index contributed by atoms with van der Waals surface area (Å²) in [6.07, 6.45) is 4.58. The van der Waals surface area contributed by atoms with Gasteiger partial charge >= 0.3 is 16.5 Å². The Bertz CT molecular complexity index is 563. The number of aromatic nitrogens is 3. The third-order valence-electron chi connectivity index (χ3n) is 3.77. The zero-order valence-corrected chi connectivity index (χ0v) is 11.8. The van der Waals surface area contributed by atoms with Crippen LogP contribution in [0.5, 0.6) is 0 Å². The molecule has 0 aliphatic heterocycles. The summed E-state index contributed by atoms with van der Waals surface area (Å²) >= 11 is 2.44. The lowest BCUT2D eigenvalue weighted by Gasteiger charge is -2.26. The molecule has 5 nitrogen and oxygen atoms in total. The highest BCUT2D eigenvalue weighted by Gasteiger charge is 2.31. The van der Waals surface area contributed by atoms with E-state index >= 15 is 0 Å². The first-order valence-corrected chi connectivity index (χ1v) is 6.83. The van der Waals surface area contributed by atoms with Gasteiger partial charge in [0, 0.05) is 19.3 Å². The first kappa shape index (κ1) is 11.8. The minimum absolute atomic E-state index is 0.523. The van der Waals surface area contributed by atoms with Crippen LogP contribution in [-0.2, 0) is 0 Å². The molecule has 1 saturated carbocycles. The van der Waals surface area contributed by atoms with Crippen LogP contribution in [0.2, 0.25) is 0 Å². The number of hydrogen-bond donors (Lipinski definition) is 2. The summed E-state index contributed by atoms with van der Waals surface area (Å²) in [4.78, 5) is 14.4. The molecule has 2 N–H and O–H groups in total. The SMILES string of the molecule is C[C@H](C1CC1)N(C)c1nc([NH][Al])nc2[nH]ccc12. The number of nitrogens with one attached hydrogen (secondary N) is 2. The van der Waals surface area contributed by atoms with E-state index in [0.29, 0.717) is 12.0 Å². The van der Waals surface area contributed by atoms with Crippen molar-refractivity contribution < 1.29 is 0 Å². The van der Waals surface area contributed by atoms with Gasteiger partial charge in [0.2, 0.25) is 5.95 Å². The summed E-state index contributed by atoms with van der Waals surface area (Å²) in [7, 11) is 2.12. The number of hydrogen-bond acceptors (Lipinski definition) is 4. The molecule has 2 aromatic heterocycles. The minimum atomic E-state index is 0.523. The molecule has 2 aromatic rings. The van der Waals surface area contributed by atoms with Crippen LogP contribution in [0.25, 0.3) is 11.0 Å². The van der Waals surface area contributed by atoms with Crippen LogP contribution >= 0.6 is 0 Å². The molecule has 0 spiro atoms. The molecule has 3 rings (SSSR count). The van der Waals surface area contributed by atoms with Crippen molar-refractivity contribution in [2.24, 2.45) is 5.92 Å². The van der Waals surface area contributed by atoms with Gasteiger partial charge in [-0.05, 0) is 31.7 Å². The Kier molecular flexibility index (Phi) is 2.92. The van der Waals surface area contributed by atoms with E-state index in [2.05, 4.69) is 54.6 Å². The van der Waals surface area contributed by atoms with Gasteiger partial charge in [0.25, 0.3) is 0 Å². The summed E-state index contributed by atoms with van der Waals surface area (Å²) < 4.78 is 2.94. The Morgan fingerprint density at radius 2 is 2.28 bits per heavy atom. The van der Waals surface area contributed by atoms with E-state index < -0.39 is 0 Å². The normalized spacial score (nSPS) is 16.8. The van der Waals surface area contributed by atoms with Crippen molar-refractivity contribution in [3.63, 3.8) is 0 Å². The predicted octanol–water partition coefficient (Wildman–Crippen LogP) is 1.69. The average Bonchev–Trinajstić information content (AvgIpc) is 3.13. The number of rotatable bonds is 4. The van der Waals surface area contributed by atoms with Gasteiger partial charge in [-0.1, -0.05) is 0 Å². The van der Waals surface area contributed by atoms with Crippen molar-refractivity contribution in [1.29, 1.82) is 0 Å². The highest BCUT2D eigenvalue weighted by atomic mass is 27.1. The molecule has 1 fully saturated rings. The van der Waals surface area contributed by atoms with Gasteiger partial charge in [0.1, 0.15) is 11.5 Å². The largest absolute Gasteiger partial charge is 0.461 e. The molecule has 92 valence electrons. The van der Waals surface area contributed by atoms with E-state index in [9.17, 15) is 0 Å². The number of nitrogens with zero attached hydrogens (tertiary/aromatic N) is 3. The van der Waals surface area contributed by atoms with Crippen LogP contribution < -0.4 is 9.20 Å².